The minimum atomic E-state index is 0.730. The first-order valence-electron chi connectivity index (χ1n) is 6.17. The van der Waals surface area contributed by atoms with Crippen LogP contribution in [0.4, 0.5) is 0 Å². The Morgan fingerprint density at radius 2 is 2.27 bits per heavy atom. The van der Waals surface area contributed by atoms with Crippen molar-refractivity contribution in [2.24, 2.45) is 5.92 Å². The normalized spacial score (nSPS) is 23.6. The van der Waals surface area contributed by atoms with Crippen molar-refractivity contribution in [3.8, 4) is 0 Å². The zero-order chi connectivity index (χ0) is 11.1. The van der Waals surface area contributed by atoms with Crippen LogP contribution in [0.15, 0.2) is 0 Å². The molecule has 1 unspecified atom stereocenters. The van der Waals surface area contributed by atoms with E-state index in [1.54, 1.807) is 0 Å². The lowest BCUT2D eigenvalue weighted by Gasteiger charge is -2.34. The fourth-order valence-electron chi connectivity index (χ4n) is 2.26. The van der Waals surface area contributed by atoms with E-state index in [4.69, 9.17) is 0 Å². The summed E-state index contributed by atoms with van der Waals surface area (Å²) in [5.74, 6) is 2.12. The smallest absolute Gasteiger partial charge is 0.0197 e. The van der Waals surface area contributed by atoms with Gasteiger partial charge in [0.25, 0.3) is 0 Å². The third-order valence-corrected chi connectivity index (χ3v) is 3.62. The Balaban J connectivity index is 2.17. The minimum Gasteiger partial charge on any atom is -0.311 e. The average molecular weight is 230 g/mol. The fourth-order valence-corrected chi connectivity index (χ4v) is 2.67. The van der Waals surface area contributed by atoms with Crippen molar-refractivity contribution in [1.82, 2.24) is 10.2 Å². The summed E-state index contributed by atoms with van der Waals surface area (Å²) in [4.78, 5) is 2.62. The van der Waals surface area contributed by atoms with Gasteiger partial charge in [0.1, 0.15) is 0 Å². The van der Waals surface area contributed by atoms with Crippen LogP contribution in [0, 0.1) is 5.92 Å². The Kier molecular flexibility index (Phi) is 6.69. The van der Waals surface area contributed by atoms with Gasteiger partial charge in [-0.3, -0.25) is 0 Å². The number of hydrogen-bond acceptors (Lipinski definition) is 3. The van der Waals surface area contributed by atoms with Crippen molar-refractivity contribution in [3.05, 3.63) is 0 Å². The second-order valence-corrected chi connectivity index (χ2v) is 5.91. The van der Waals surface area contributed by atoms with Crippen molar-refractivity contribution in [2.45, 2.75) is 32.7 Å². The Morgan fingerprint density at radius 3 is 2.93 bits per heavy atom. The first-order valence-corrected chi connectivity index (χ1v) is 7.56. The predicted molar refractivity (Wildman–Crippen MR) is 70.7 cm³/mol. The van der Waals surface area contributed by atoms with Crippen LogP contribution in [0.25, 0.3) is 0 Å². The summed E-state index contributed by atoms with van der Waals surface area (Å²) in [6.07, 6.45) is 4.86. The van der Waals surface area contributed by atoms with Gasteiger partial charge >= 0.3 is 0 Å². The molecule has 1 N–H and O–H groups in total. The Hall–Kier alpha value is 0.270. The number of rotatable bonds is 6. The van der Waals surface area contributed by atoms with Gasteiger partial charge in [-0.25, -0.2) is 0 Å². The molecule has 0 aromatic carbocycles. The van der Waals surface area contributed by atoms with E-state index >= 15 is 0 Å². The number of hydrogen-bond donors (Lipinski definition) is 1. The van der Waals surface area contributed by atoms with E-state index in [1.165, 1.54) is 44.8 Å². The highest BCUT2D eigenvalue weighted by molar-refractivity contribution is 7.98. The quantitative estimate of drug-likeness (QED) is 0.703. The molecule has 0 aromatic heterocycles. The molecule has 1 aliphatic heterocycles. The maximum atomic E-state index is 3.62. The van der Waals surface area contributed by atoms with Crippen molar-refractivity contribution in [3.63, 3.8) is 0 Å². The highest BCUT2D eigenvalue weighted by Gasteiger charge is 2.19. The zero-order valence-electron chi connectivity index (χ0n) is 10.5. The number of nitrogens with zero attached hydrogens (tertiary/aromatic N) is 1. The van der Waals surface area contributed by atoms with E-state index < -0.39 is 0 Å². The summed E-state index contributed by atoms with van der Waals surface area (Å²) in [6.45, 7) is 9.59. The van der Waals surface area contributed by atoms with Crippen LogP contribution in [0.3, 0.4) is 0 Å². The van der Waals surface area contributed by atoms with Crippen molar-refractivity contribution in [2.75, 3.05) is 38.2 Å². The molecular formula is C12H26N2S. The summed E-state index contributed by atoms with van der Waals surface area (Å²) in [6, 6.07) is 0.730. The SMILES string of the molecule is CSCCCN1CCNC(CC(C)C)C1. The summed E-state index contributed by atoms with van der Waals surface area (Å²) >= 11 is 1.96. The van der Waals surface area contributed by atoms with Gasteiger partial charge in [0, 0.05) is 25.7 Å². The molecule has 1 atom stereocenters. The summed E-state index contributed by atoms with van der Waals surface area (Å²) in [5.41, 5.74) is 0. The molecule has 0 aromatic rings. The first kappa shape index (κ1) is 13.3. The van der Waals surface area contributed by atoms with Crippen LogP contribution in [-0.2, 0) is 0 Å². The van der Waals surface area contributed by atoms with Crippen LogP contribution in [0.5, 0.6) is 0 Å². The van der Waals surface area contributed by atoms with Crippen LogP contribution >= 0.6 is 11.8 Å². The number of nitrogens with one attached hydrogen (secondary N) is 1. The van der Waals surface area contributed by atoms with E-state index in [0.717, 1.165) is 12.0 Å². The molecule has 3 heteroatoms. The molecule has 1 saturated heterocycles. The molecule has 2 nitrogen and oxygen atoms in total. The van der Waals surface area contributed by atoms with Crippen molar-refractivity contribution < 1.29 is 0 Å². The molecule has 1 heterocycles. The topological polar surface area (TPSA) is 15.3 Å². The maximum Gasteiger partial charge on any atom is 0.0197 e. The van der Waals surface area contributed by atoms with Gasteiger partial charge in [-0.05, 0) is 37.3 Å². The lowest BCUT2D eigenvalue weighted by atomic mass is 10.0. The van der Waals surface area contributed by atoms with Gasteiger partial charge in [-0.2, -0.15) is 11.8 Å². The van der Waals surface area contributed by atoms with Crippen LogP contribution in [0.1, 0.15) is 26.7 Å². The zero-order valence-corrected chi connectivity index (χ0v) is 11.3. The Bertz CT molecular complexity index is 162. The molecular weight excluding hydrogens is 204 g/mol. The summed E-state index contributed by atoms with van der Waals surface area (Å²) in [5, 5.41) is 3.62. The van der Waals surface area contributed by atoms with E-state index in [-0.39, 0.29) is 0 Å². The third kappa shape index (κ3) is 5.79. The third-order valence-electron chi connectivity index (χ3n) is 2.92. The average Bonchev–Trinajstić information content (AvgIpc) is 2.18. The molecule has 0 radical (unpaired) electrons. The highest BCUT2D eigenvalue weighted by Crippen LogP contribution is 2.10. The summed E-state index contributed by atoms with van der Waals surface area (Å²) in [7, 11) is 0. The van der Waals surface area contributed by atoms with Gasteiger partial charge in [-0.15, -0.1) is 0 Å². The molecule has 0 spiro atoms. The minimum absolute atomic E-state index is 0.730. The molecule has 0 amide bonds. The van der Waals surface area contributed by atoms with Crippen LogP contribution in [0.2, 0.25) is 0 Å². The van der Waals surface area contributed by atoms with Gasteiger partial charge < -0.3 is 10.2 Å². The lowest BCUT2D eigenvalue weighted by molar-refractivity contribution is 0.187. The van der Waals surface area contributed by atoms with Gasteiger partial charge in [0.05, 0.1) is 0 Å². The van der Waals surface area contributed by atoms with E-state index in [9.17, 15) is 0 Å². The fraction of sp³-hybridized carbons (Fsp3) is 1.00. The predicted octanol–water partition coefficient (Wildman–Crippen LogP) is 2.06. The van der Waals surface area contributed by atoms with Crippen LogP contribution < -0.4 is 5.32 Å². The summed E-state index contributed by atoms with van der Waals surface area (Å²) < 4.78 is 0. The molecule has 0 saturated carbocycles. The number of piperazine rings is 1. The molecule has 0 bridgehead atoms. The van der Waals surface area contributed by atoms with Gasteiger partial charge in [-0.1, -0.05) is 13.8 Å². The molecule has 1 fully saturated rings. The van der Waals surface area contributed by atoms with E-state index in [1.807, 2.05) is 11.8 Å². The van der Waals surface area contributed by atoms with Gasteiger partial charge in [0.2, 0.25) is 0 Å². The van der Waals surface area contributed by atoms with E-state index in [0.29, 0.717) is 0 Å². The molecule has 0 aliphatic carbocycles. The second-order valence-electron chi connectivity index (χ2n) is 4.93. The highest BCUT2D eigenvalue weighted by atomic mass is 32.2. The van der Waals surface area contributed by atoms with Crippen molar-refractivity contribution >= 4 is 11.8 Å². The molecule has 15 heavy (non-hydrogen) atoms. The molecule has 1 rings (SSSR count). The monoisotopic (exact) mass is 230 g/mol. The Morgan fingerprint density at radius 1 is 1.47 bits per heavy atom. The lowest BCUT2D eigenvalue weighted by Crippen LogP contribution is -2.51. The molecule has 1 aliphatic rings. The second kappa shape index (κ2) is 7.53. The standard InChI is InChI=1S/C12H26N2S/c1-11(2)9-12-10-14(7-5-13-12)6-4-8-15-3/h11-13H,4-10H2,1-3H3. The van der Waals surface area contributed by atoms with Crippen molar-refractivity contribution in [1.29, 1.82) is 0 Å². The maximum absolute atomic E-state index is 3.62. The first-order chi connectivity index (χ1) is 7.22. The Labute approximate surface area is 99.2 Å². The van der Waals surface area contributed by atoms with E-state index in [2.05, 4.69) is 30.3 Å². The molecule has 90 valence electrons. The number of thioether (sulfide) groups is 1. The largest absolute Gasteiger partial charge is 0.311 e. The van der Waals surface area contributed by atoms with Crippen LogP contribution in [-0.4, -0.2) is 49.1 Å². The van der Waals surface area contributed by atoms with Gasteiger partial charge in [0.15, 0.2) is 0 Å².